The topological polar surface area (TPSA) is 55.6 Å². The monoisotopic (exact) mass is 246 g/mol. The van der Waals surface area contributed by atoms with E-state index in [0.717, 1.165) is 31.9 Å². The molecule has 18 heavy (non-hydrogen) atoms. The van der Waals surface area contributed by atoms with E-state index in [9.17, 15) is 4.79 Å². The predicted octanol–water partition coefficient (Wildman–Crippen LogP) is 1.41. The summed E-state index contributed by atoms with van der Waals surface area (Å²) in [5.41, 5.74) is 7.36. The Morgan fingerprint density at radius 1 is 1.28 bits per heavy atom. The molecule has 0 unspecified atom stereocenters. The van der Waals surface area contributed by atoms with E-state index in [1.807, 2.05) is 18.2 Å². The maximum absolute atomic E-state index is 10.6. The van der Waals surface area contributed by atoms with Gasteiger partial charge in [0.15, 0.2) is 0 Å². The third-order valence-corrected chi connectivity index (χ3v) is 2.90. The van der Waals surface area contributed by atoms with Crippen molar-refractivity contribution in [3.63, 3.8) is 0 Å². The summed E-state index contributed by atoms with van der Waals surface area (Å²) >= 11 is 0. The van der Waals surface area contributed by atoms with E-state index in [4.69, 9.17) is 10.5 Å². The molecule has 4 heteroatoms. The second kappa shape index (κ2) is 6.21. The van der Waals surface area contributed by atoms with Crippen LogP contribution in [0, 0.1) is 0 Å². The third-order valence-electron chi connectivity index (χ3n) is 2.90. The molecule has 0 saturated carbocycles. The lowest BCUT2D eigenvalue weighted by molar-refractivity contribution is -0.117. The highest BCUT2D eigenvalue weighted by atomic mass is 16.5. The summed E-state index contributed by atoms with van der Waals surface area (Å²) in [5.74, 6) is -0.309. The summed E-state index contributed by atoms with van der Waals surface area (Å²) in [4.78, 5) is 12.9. The van der Waals surface area contributed by atoms with Gasteiger partial charge in [0.1, 0.15) is 0 Å². The lowest BCUT2D eigenvalue weighted by Crippen LogP contribution is -2.36. The molecule has 0 bridgehead atoms. The zero-order chi connectivity index (χ0) is 12.8. The van der Waals surface area contributed by atoms with E-state index in [0.29, 0.717) is 0 Å². The number of benzene rings is 1. The van der Waals surface area contributed by atoms with Gasteiger partial charge in [-0.2, -0.15) is 0 Å². The van der Waals surface area contributed by atoms with Crippen LogP contribution in [0.4, 0.5) is 5.69 Å². The summed E-state index contributed by atoms with van der Waals surface area (Å²) < 4.78 is 5.32. The maximum Gasteiger partial charge on any atom is 0.221 e. The second-order valence-corrected chi connectivity index (χ2v) is 4.26. The number of anilines is 1. The molecule has 1 aromatic carbocycles. The fourth-order valence-electron chi connectivity index (χ4n) is 1.93. The minimum atomic E-state index is -0.309. The van der Waals surface area contributed by atoms with Gasteiger partial charge in [-0.15, -0.1) is 0 Å². The minimum absolute atomic E-state index is 0.283. The van der Waals surface area contributed by atoms with Gasteiger partial charge in [-0.1, -0.05) is 24.3 Å². The van der Waals surface area contributed by atoms with Crippen LogP contribution in [0.1, 0.15) is 12.0 Å². The molecule has 1 amide bonds. The Morgan fingerprint density at radius 2 is 1.94 bits per heavy atom. The van der Waals surface area contributed by atoms with Crippen molar-refractivity contribution in [2.45, 2.75) is 6.42 Å². The number of primary amides is 1. The zero-order valence-corrected chi connectivity index (χ0v) is 10.3. The Balaban J connectivity index is 1.96. The number of nitrogens with two attached hydrogens (primary N) is 1. The first-order chi connectivity index (χ1) is 8.75. The van der Waals surface area contributed by atoms with Crippen molar-refractivity contribution in [2.75, 3.05) is 31.2 Å². The van der Waals surface area contributed by atoms with Gasteiger partial charge in [-0.05, 0) is 17.7 Å². The minimum Gasteiger partial charge on any atom is -0.378 e. The zero-order valence-electron chi connectivity index (χ0n) is 10.3. The molecule has 0 aliphatic carbocycles. The predicted molar refractivity (Wildman–Crippen MR) is 72.3 cm³/mol. The van der Waals surface area contributed by atoms with E-state index in [1.54, 1.807) is 6.08 Å². The summed E-state index contributed by atoms with van der Waals surface area (Å²) in [6.45, 7) is 3.47. The Morgan fingerprint density at radius 3 is 2.56 bits per heavy atom. The number of carbonyl (C=O) groups excluding carboxylic acids is 1. The van der Waals surface area contributed by atoms with Crippen molar-refractivity contribution in [3.05, 3.63) is 35.9 Å². The van der Waals surface area contributed by atoms with Crippen LogP contribution < -0.4 is 10.6 Å². The van der Waals surface area contributed by atoms with Crippen molar-refractivity contribution in [1.29, 1.82) is 0 Å². The van der Waals surface area contributed by atoms with Crippen LogP contribution in [0.3, 0.4) is 0 Å². The maximum atomic E-state index is 10.6. The second-order valence-electron chi connectivity index (χ2n) is 4.26. The molecule has 2 N–H and O–H groups in total. The molecule has 1 heterocycles. The lowest BCUT2D eigenvalue weighted by Gasteiger charge is -2.28. The van der Waals surface area contributed by atoms with Gasteiger partial charge in [0.2, 0.25) is 5.91 Å². The molecular formula is C14H18N2O2. The molecule has 0 spiro atoms. The lowest BCUT2D eigenvalue weighted by atomic mass is 10.1. The highest BCUT2D eigenvalue weighted by Gasteiger charge is 2.10. The van der Waals surface area contributed by atoms with E-state index >= 15 is 0 Å². The normalized spacial score (nSPS) is 16.1. The van der Waals surface area contributed by atoms with Crippen molar-refractivity contribution in [3.8, 4) is 0 Å². The van der Waals surface area contributed by atoms with E-state index in [1.165, 1.54) is 5.69 Å². The van der Waals surface area contributed by atoms with Gasteiger partial charge in [0.25, 0.3) is 0 Å². The first-order valence-electron chi connectivity index (χ1n) is 6.13. The van der Waals surface area contributed by atoms with E-state index < -0.39 is 0 Å². The van der Waals surface area contributed by atoms with Gasteiger partial charge in [0.05, 0.1) is 13.2 Å². The Bertz CT molecular complexity index is 420. The molecule has 4 nitrogen and oxygen atoms in total. The van der Waals surface area contributed by atoms with E-state index in [-0.39, 0.29) is 12.3 Å². The number of ether oxygens (including phenoxy) is 1. The third kappa shape index (κ3) is 3.60. The molecule has 96 valence electrons. The molecule has 1 aliphatic rings. The highest BCUT2D eigenvalue weighted by Crippen LogP contribution is 2.17. The van der Waals surface area contributed by atoms with Crippen LogP contribution in [0.5, 0.6) is 0 Å². The van der Waals surface area contributed by atoms with Crippen molar-refractivity contribution >= 4 is 17.7 Å². The van der Waals surface area contributed by atoms with Crippen LogP contribution >= 0.6 is 0 Å². The van der Waals surface area contributed by atoms with Gasteiger partial charge in [-0.25, -0.2) is 0 Å². The quantitative estimate of drug-likeness (QED) is 0.874. The molecular weight excluding hydrogens is 228 g/mol. The number of rotatable bonds is 4. The largest absolute Gasteiger partial charge is 0.378 e. The summed E-state index contributed by atoms with van der Waals surface area (Å²) in [5, 5.41) is 0. The average molecular weight is 246 g/mol. The number of hydrogen-bond donors (Lipinski definition) is 1. The summed E-state index contributed by atoms with van der Waals surface area (Å²) in [7, 11) is 0. The van der Waals surface area contributed by atoms with Gasteiger partial charge in [-0.3, -0.25) is 4.79 Å². The number of carbonyl (C=O) groups is 1. The molecule has 0 aromatic heterocycles. The van der Waals surface area contributed by atoms with Gasteiger partial charge in [0, 0.05) is 25.2 Å². The van der Waals surface area contributed by atoms with Crippen LogP contribution in [-0.2, 0) is 9.53 Å². The fourth-order valence-corrected chi connectivity index (χ4v) is 1.93. The standard InChI is InChI=1S/C14H18N2O2/c15-14(17)3-1-2-12-4-6-13(7-5-12)16-8-10-18-11-9-16/h1-2,4-7H,3,8-11H2,(H2,15,17). The Kier molecular flexibility index (Phi) is 4.36. The van der Waals surface area contributed by atoms with Crippen LogP contribution in [0.2, 0.25) is 0 Å². The number of amides is 1. The molecule has 1 fully saturated rings. The Labute approximate surface area is 107 Å². The molecule has 0 radical (unpaired) electrons. The van der Waals surface area contributed by atoms with E-state index in [2.05, 4.69) is 17.0 Å². The SMILES string of the molecule is NC(=O)CC=Cc1ccc(N2CCOCC2)cc1. The molecule has 0 atom stereocenters. The summed E-state index contributed by atoms with van der Waals surface area (Å²) in [6.07, 6.45) is 3.98. The summed E-state index contributed by atoms with van der Waals surface area (Å²) in [6, 6.07) is 8.27. The highest BCUT2D eigenvalue weighted by molar-refractivity contribution is 5.76. The van der Waals surface area contributed by atoms with Gasteiger partial charge >= 0.3 is 0 Å². The molecule has 1 aromatic rings. The number of morpholine rings is 1. The van der Waals surface area contributed by atoms with Crippen LogP contribution in [-0.4, -0.2) is 32.2 Å². The molecule has 2 rings (SSSR count). The van der Waals surface area contributed by atoms with Crippen molar-refractivity contribution in [1.82, 2.24) is 0 Å². The fraction of sp³-hybridized carbons (Fsp3) is 0.357. The first kappa shape index (κ1) is 12.6. The van der Waals surface area contributed by atoms with Crippen LogP contribution in [0.25, 0.3) is 6.08 Å². The Hall–Kier alpha value is -1.81. The molecule has 1 aliphatic heterocycles. The smallest absolute Gasteiger partial charge is 0.221 e. The number of nitrogens with zero attached hydrogens (tertiary/aromatic N) is 1. The van der Waals surface area contributed by atoms with Crippen LogP contribution in [0.15, 0.2) is 30.3 Å². The average Bonchev–Trinajstić information content (AvgIpc) is 2.40. The van der Waals surface area contributed by atoms with Gasteiger partial charge < -0.3 is 15.4 Å². The van der Waals surface area contributed by atoms with Crippen molar-refractivity contribution in [2.24, 2.45) is 5.73 Å². The number of hydrogen-bond acceptors (Lipinski definition) is 3. The van der Waals surface area contributed by atoms with Crippen molar-refractivity contribution < 1.29 is 9.53 Å². The molecule has 1 saturated heterocycles. The first-order valence-corrected chi connectivity index (χ1v) is 6.13.